The minimum absolute atomic E-state index is 0.415. The first-order valence-electron chi connectivity index (χ1n) is 5.47. The summed E-state index contributed by atoms with van der Waals surface area (Å²) in [5, 5.41) is 0. The summed E-state index contributed by atoms with van der Waals surface area (Å²) in [7, 11) is 0. The molecule has 0 heterocycles. The molecule has 78 valence electrons. The van der Waals surface area contributed by atoms with Crippen LogP contribution in [0.25, 0.3) is 0 Å². The molecule has 0 atom stereocenters. The van der Waals surface area contributed by atoms with Crippen LogP contribution in [0.1, 0.15) is 46.0 Å². The Morgan fingerprint density at radius 3 is 2.50 bits per heavy atom. The molecule has 1 fully saturated rings. The van der Waals surface area contributed by atoms with Gasteiger partial charge in [0.05, 0.1) is 0 Å². The standard InChI is InChI=1S/C12H20N2/c1-10(2)11(3)13-9-14-12-7-5-4-6-8-12/h9-10H,3-8H2,1-2H3/b13-9-. The lowest BCUT2D eigenvalue weighted by Crippen LogP contribution is -2.04. The minimum Gasteiger partial charge on any atom is -0.246 e. The summed E-state index contributed by atoms with van der Waals surface area (Å²) in [5.41, 5.74) is 2.21. The van der Waals surface area contributed by atoms with Gasteiger partial charge in [-0.25, -0.2) is 9.98 Å². The molecule has 0 unspecified atom stereocenters. The van der Waals surface area contributed by atoms with Crippen molar-refractivity contribution in [3.05, 3.63) is 12.3 Å². The molecule has 0 spiro atoms. The van der Waals surface area contributed by atoms with Crippen LogP contribution >= 0.6 is 0 Å². The van der Waals surface area contributed by atoms with Crippen LogP contribution < -0.4 is 0 Å². The number of rotatable bonds is 3. The third-order valence-electron chi connectivity index (χ3n) is 2.56. The van der Waals surface area contributed by atoms with E-state index in [4.69, 9.17) is 0 Å². The van der Waals surface area contributed by atoms with Crippen molar-refractivity contribution < 1.29 is 0 Å². The lowest BCUT2D eigenvalue weighted by atomic mass is 9.99. The van der Waals surface area contributed by atoms with Crippen LogP contribution in [-0.2, 0) is 0 Å². The molecule has 2 nitrogen and oxygen atoms in total. The zero-order valence-electron chi connectivity index (χ0n) is 9.29. The molecule has 0 aliphatic heterocycles. The smallest absolute Gasteiger partial charge is 0.115 e. The van der Waals surface area contributed by atoms with Crippen molar-refractivity contribution in [2.45, 2.75) is 46.0 Å². The Bertz CT molecular complexity index is 241. The quantitative estimate of drug-likeness (QED) is 0.482. The van der Waals surface area contributed by atoms with Gasteiger partial charge in [0.15, 0.2) is 0 Å². The van der Waals surface area contributed by atoms with Crippen molar-refractivity contribution >= 4 is 12.1 Å². The first-order valence-corrected chi connectivity index (χ1v) is 5.47. The number of aliphatic imine (C=N–C) groups is 2. The molecule has 1 saturated carbocycles. The summed E-state index contributed by atoms with van der Waals surface area (Å²) < 4.78 is 0. The molecule has 14 heavy (non-hydrogen) atoms. The van der Waals surface area contributed by atoms with Gasteiger partial charge in [0.25, 0.3) is 0 Å². The van der Waals surface area contributed by atoms with Gasteiger partial charge in [-0.3, -0.25) is 0 Å². The molecule has 1 rings (SSSR count). The fourth-order valence-electron chi connectivity index (χ4n) is 1.42. The first kappa shape index (κ1) is 11.2. The fourth-order valence-corrected chi connectivity index (χ4v) is 1.42. The second-order valence-electron chi connectivity index (χ2n) is 4.15. The molecule has 0 bridgehead atoms. The third-order valence-corrected chi connectivity index (χ3v) is 2.56. The van der Waals surface area contributed by atoms with Crippen LogP contribution in [0.4, 0.5) is 0 Å². The van der Waals surface area contributed by atoms with E-state index in [1.54, 1.807) is 6.34 Å². The molecular weight excluding hydrogens is 172 g/mol. The van der Waals surface area contributed by atoms with Crippen LogP contribution in [0.15, 0.2) is 22.3 Å². The topological polar surface area (TPSA) is 24.7 Å². The van der Waals surface area contributed by atoms with Crippen LogP contribution in [-0.4, -0.2) is 12.1 Å². The normalized spacial score (nSPS) is 17.8. The van der Waals surface area contributed by atoms with Gasteiger partial charge in [-0.1, -0.05) is 26.8 Å². The van der Waals surface area contributed by atoms with Gasteiger partial charge in [-0.2, -0.15) is 0 Å². The number of nitrogens with zero attached hydrogens (tertiary/aromatic N) is 2. The van der Waals surface area contributed by atoms with Crippen LogP contribution in [0.5, 0.6) is 0 Å². The van der Waals surface area contributed by atoms with Crippen molar-refractivity contribution in [3.8, 4) is 0 Å². The molecule has 0 radical (unpaired) electrons. The van der Waals surface area contributed by atoms with Gasteiger partial charge in [0.2, 0.25) is 0 Å². The van der Waals surface area contributed by atoms with Crippen molar-refractivity contribution in [2.24, 2.45) is 15.9 Å². The average Bonchev–Trinajstić information content (AvgIpc) is 2.19. The molecule has 0 N–H and O–H groups in total. The van der Waals surface area contributed by atoms with Crippen LogP contribution in [0, 0.1) is 5.92 Å². The summed E-state index contributed by atoms with van der Waals surface area (Å²) in [6.07, 6.45) is 7.91. The lowest BCUT2D eigenvalue weighted by molar-refractivity contribution is 0.667. The van der Waals surface area contributed by atoms with Gasteiger partial charge in [0, 0.05) is 11.4 Å². The Morgan fingerprint density at radius 1 is 1.29 bits per heavy atom. The molecule has 0 aromatic rings. The third kappa shape index (κ3) is 3.86. The van der Waals surface area contributed by atoms with E-state index in [1.807, 2.05) is 0 Å². The Morgan fingerprint density at radius 2 is 1.93 bits per heavy atom. The van der Waals surface area contributed by atoms with Crippen molar-refractivity contribution in [1.29, 1.82) is 0 Å². The van der Waals surface area contributed by atoms with Crippen LogP contribution in [0.3, 0.4) is 0 Å². The first-order chi connectivity index (χ1) is 6.70. The van der Waals surface area contributed by atoms with Crippen LogP contribution in [0.2, 0.25) is 0 Å². The Balaban J connectivity index is 2.40. The average molecular weight is 192 g/mol. The summed E-state index contributed by atoms with van der Waals surface area (Å²) in [5.74, 6) is 0.415. The van der Waals surface area contributed by atoms with Gasteiger partial charge >= 0.3 is 0 Å². The van der Waals surface area contributed by atoms with E-state index in [0.29, 0.717) is 5.92 Å². The summed E-state index contributed by atoms with van der Waals surface area (Å²) in [4.78, 5) is 8.58. The molecule has 0 aromatic heterocycles. The summed E-state index contributed by atoms with van der Waals surface area (Å²) >= 11 is 0. The highest BCUT2D eigenvalue weighted by atomic mass is 14.9. The maximum Gasteiger partial charge on any atom is 0.115 e. The van der Waals surface area contributed by atoms with Crippen molar-refractivity contribution in [1.82, 2.24) is 0 Å². The number of hydrogen-bond acceptors (Lipinski definition) is 1. The zero-order valence-corrected chi connectivity index (χ0v) is 9.29. The molecule has 1 aliphatic rings. The largest absolute Gasteiger partial charge is 0.246 e. The van der Waals surface area contributed by atoms with Gasteiger partial charge in [-0.15, -0.1) is 0 Å². The van der Waals surface area contributed by atoms with E-state index >= 15 is 0 Å². The predicted molar refractivity (Wildman–Crippen MR) is 63.0 cm³/mol. The van der Waals surface area contributed by atoms with Gasteiger partial charge in [-0.05, 0) is 31.6 Å². The molecule has 0 amide bonds. The van der Waals surface area contributed by atoms with E-state index in [1.165, 1.54) is 25.0 Å². The Hall–Kier alpha value is -0.920. The van der Waals surface area contributed by atoms with E-state index in [9.17, 15) is 0 Å². The minimum atomic E-state index is 0.415. The predicted octanol–water partition coefficient (Wildman–Crippen LogP) is 3.59. The SMILES string of the molecule is C=C(/N=C\N=C1CCCCC1)C(C)C. The number of allylic oxidation sites excluding steroid dienone is 1. The van der Waals surface area contributed by atoms with Crippen molar-refractivity contribution in [3.63, 3.8) is 0 Å². The second kappa shape index (κ2) is 5.74. The molecule has 0 saturated heterocycles. The Labute approximate surface area is 86.8 Å². The highest BCUT2D eigenvalue weighted by molar-refractivity contribution is 5.91. The highest BCUT2D eigenvalue weighted by Gasteiger charge is 2.05. The fraction of sp³-hybridized carbons (Fsp3) is 0.667. The maximum absolute atomic E-state index is 4.37. The van der Waals surface area contributed by atoms with E-state index in [0.717, 1.165) is 18.5 Å². The van der Waals surface area contributed by atoms with Gasteiger partial charge in [0.1, 0.15) is 6.34 Å². The Kier molecular flexibility index (Phi) is 4.57. The van der Waals surface area contributed by atoms with Crippen molar-refractivity contribution in [2.75, 3.05) is 0 Å². The van der Waals surface area contributed by atoms with E-state index in [2.05, 4.69) is 30.4 Å². The van der Waals surface area contributed by atoms with E-state index in [-0.39, 0.29) is 0 Å². The lowest BCUT2D eigenvalue weighted by Gasteiger charge is -2.10. The molecule has 1 aliphatic carbocycles. The summed E-state index contributed by atoms with van der Waals surface area (Å²) in [6, 6.07) is 0. The zero-order chi connectivity index (χ0) is 10.4. The maximum atomic E-state index is 4.37. The molecule has 0 aromatic carbocycles. The monoisotopic (exact) mass is 192 g/mol. The number of hydrogen-bond donors (Lipinski definition) is 0. The second-order valence-corrected chi connectivity index (χ2v) is 4.15. The van der Waals surface area contributed by atoms with E-state index < -0.39 is 0 Å². The molecular formula is C12H20N2. The molecule has 2 heteroatoms. The highest BCUT2D eigenvalue weighted by Crippen LogP contribution is 2.14. The van der Waals surface area contributed by atoms with Gasteiger partial charge < -0.3 is 0 Å². The summed E-state index contributed by atoms with van der Waals surface area (Å²) in [6.45, 7) is 8.05.